The number of unbranched alkanes of at least 4 members (excludes halogenated alkanes) is 2. The Morgan fingerprint density at radius 2 is 1.62 bits per heavy atom. The average Bonchev–Trinajstić information content (AvgIpc) is 2.45. The van der Waals surface area contributed by atoms with Crippen LogP contribution in [0.1, 0.15) is 31.7 Å². The number of hydrogen-bond donors (Lipinski definition) is 0. The Bertz CT molecular complexity index is 638. The highest BCUT2D eigenvalue weighted by Crippen LogP contribution is 2.30. The third-order valence-electron chi connectivity index (χ3n) is 3.43. The molecule has 0 fully saturated rings. The second-order valence-electron chi connectivity index (χ2n) is 4.98. The second kappa shape index (κ2) is 7.12. The lowest BCUT2D eigenvalue weighted by molar-refractivity contribution is 0.497. The summed E-state index contributed by atoms with van der Waals surface area (Å²) < 4.78 is 42.7. The van der Waals surface area contributed by atoms with Gasteiger partial charge in [-0.2, -0.15) is 0 Å². The van der Waals surface area contributed by atoms with Crippen molar-refractivity contribution in [1.29, 1.82) is 0 Å². The molecule has 0 N–H and O–H groups in total. The van der Waals surface area contributed by atoms with Crippen molar-refractivity contribution in [3.63, 3.8) is 0 Å². The van der Waals surface area contributed by atoms with Crippen LogP contribution in [0.5, 0.6) is 0 Å². The van der Waals surface area contributed by atoms with E-state index in [0.717, 1.165) is 19.3 Å². The number of hydrogen-bond acceptors (Lipinski definition) is 0. The van der Waals surface area contributed by atoms with Gasteiger partial charge in [-0.1, -0.05) is 53.9 Å². The topological polar surface area (TPSA) is 0 Å². The number of aryl methyl sites for hydroxylation is 1. The predicted octanol–water partition coefficient (Wildman–Crippen LogP) is 6.27. The molecule has 112 valence electrons. The first-order valence-corrected chi connectivity index (χ1v) is 7.76. The Kier molecular flexibility index (Phi) is 5.45. The molecule has 0 spiro atoms. The van der Waals surface area contributed by atoms with Crippen molar-refractivity contribution >= 4 is 15.9 Å². The molecule has 2 aromatic rings. The van der Waals surface area contributed by atoms with E-state index in [2.05, 4.69) is 22.9 Å². The van der Waals surface area contributed by atoms with Crippen molar-refractivity contribution in [3.05, 3.63) is 57.8 Å². The minimum atomic E-state index is -0.981. The summed E-state index contributed by atoms with van der Waals surface area (Å²) in [6.45, 7) is 2.05. The van der Waals surface area contributed by atoms with Crippen LogP contribution in [0, 0.1) is 17.5 Å². The third-order valence-corrected chi connectivity index (χ3v) is 3.93. The van der Waals surface area contributed by atoms with Gasteiger partial charge in [0.15, 0.2) is 11.6 Å². The normalized spacial score (nSPS) is 10.9. The fraction of sp³-hybridized carbons (Fsp3) is 0.294. The van der Waals surface area contributed by atoms with Gasteiger partial charge < -0.3 is 0 Å². The van der Waals surface area contributed by atoms with Crippen molar-refractivity contribution in [2.24, 2.45) is 0 Å². The van der Waals surface area contributed by atoms with Gasteiger partial charge >= 0.3 is 0 Å². The highest BCUT2D eigenvalue weighted by Gasteiger charge is 2.17. The van der Waals surface area contributed by atoms with Gasteiger partial charge in [-0.3, -0.25) is 0 Å². The van der Waals surface area contributed by atoms with Gasteiger partial charge in [-0.15, -0.1) is 0 Å². The molecule has 0 aromatic heterocycles. The second-order valence-corrected chi connectivity index (χ2v) is 5.90. The fourth-order valence-corrected chi connectivity index (χ4v) is 2.60. The lowest BCUT2D eigenvalue weighted by Gasteiger charge is -2.10. The highest BCUT2D eigenvalue weighted by molar-refractivity contribution is 9.10. The lowest BCUT2D eigenvalue weighted by Crippen LogP contribution is -1.98. The molecule has 0 bridgehead atoms. The van der Waals surface area contributed by atoms with Crippen molar-refractivity contribution in [2.45, 2.75) is 32.6 Å². The van der Waals surface area contributed by atoms with Crippen LogP contribution in [0.3, 0.4) is 0 Å². The minimum Gasteiger partial charge on any atom is -0.206 e. The van der Waals surface area contributed by atoms with E-state index in [1.807, 2.05) is 0 Å². The summed E-state index contributed by atoms with van der Waals surface area (Å²) in [5.74, 6) is -2.43. The predicted molar refractivity (Wildman–Crippen MR) is 82.7 cm³/mol. The summed E-state index contributed by atoms with van der Waals surface area (Å²) in [6.07, 6.45) is 3.31. The first-order valence-electron chi connectivity index (χ1n) is 6.97. The number of rotatable bonds is 5. The maximum atomic E-state index is 14.2. The number of halogens is 4. The summed E-state index contributed by atoms with van der Waals surface area (Å²) in [4.78, 5) is 0. The average molecular weight is 357 g/mol. The largest absolute Gasteiger partial charge is 0.206 e. The monoisotopic (exact) mass is 356 g/mol. The fourth-order valence-electron chi connectivity index (χ4n) is 2.26. The van der Waals surface area contributed by atoms with Gasteiger partial charge in [0.2, 0.25) is 0 Å². The quantitative estimate of drug-likeness (QED) is 0.554. The standard InChI is InChI=1S/C17H16BrF3/c1-2-3-4-5-11-6-8-14(17(21)16(11)20)13-9-7-12(18)10-15(13)19/h6-10H,2-5H2,1H3. The van der Waals surface area contributed by atoms with E-state index in [1.54, 1.807) is 12.1 Å². The molecule has 0 saturated heterocycles. The molecule has 4 heteroatoms. The Balaban J connectivity index is 2.36. The van der Waals surface area contributed by atoms with E-state index in [1.165, 1.54) is 18.2 Å². The molecule has 0 aliphatic carbocycles. The Hall–Kier alpha value is -1.29. The zero-order chi connectivity index (χ0) is 15.4. The van der Waals surface area contributed by atoms with Crippen LogP contribution in [-0.2, 0) is 6.42 Å². The molecule has 0 saturated carbocycles. The Morgan fingerprint density at radius 1 is 0.905 bits per heavy atom. The summed E-state index contributed by atoms with van der Waals surface area (Å²) in [6, 6.07) is 7.28. The molecule has 2 aromatic carbocycles. The summed E-state index contributed by atoms with van der Waals surface area (Å²) >= 11 is 3.14. The maximum absolute atomic E-state index is 14.2. The molecular weight excluding hydrogens is 341 g/mol. The molecular formula is C17H16BrF3. The van der Waals surface area contributed by atoms with Crippen molar-refractivity contribution < 1.29 is 13.2 Å². The zero-order valence-corrected chi connectivity index (χ0v) is 13.3. The van der Waals surface area contributed by atoms with Crippen molar-refractivity contribution in [1.82, 2.24) is 0 Å². The molecule has 0 heterocycles. The van der Waals surface area contributed by atoms with E-state index in [0.29, 0.717) is 16.5 Å². The van der Waals surface area contributed by atoms with Gasteiger partial charge in [0, 0.05) is 15.6 Å². The first kappa shape index (κ1) is 16.1. The van der Waals surface area contributed by atoms with Crippen LogP contribution in [0.25, 0.3) is 11.1 Å². The summed E-state index contributed by atoms with van der Waals surface area (Å²) in [5.41, 5.74) is 0.369. The van der Waals surface area contributed by atoms with Gasteiger partial charge in [-0.05, 0) is 30.5 Å². The van der Waals surface area contributed by atoms with E-state index in [4.69, 9.17) is 0 Å². The van der Waals surface area contributed by atoms with Crippen LogP contribution < -0.4 is 0 Å². The van der Waals surface area contributed by atoms with Crippen LogP contribution in [0.4, 0.5) is 13.2 Å². The first-order chi connectivity index (χ1) is 10.0. The van der Waals surface area contributed by atoms with E-state index >= 15 is 0 Å². The lowest BCUT2D eigenvalue weighted by atomic mass is 9.99. The van der Waals surface area contributed by atoms with Crippen LogP contribution in [-0.4, -0.2) is 0 Å². The van der Waals surface area contributed by atoms with Crippen LogP contribution >= 0.6 is 15.9 Å². The van der Waals surface area contributed by atoms with Crippen LogP contribution in [0.15, 0.2) is 34.8 Å². The molecule has 21 heavy (non-hydrogen) atoms. The number of benzene rings is 2. The smallest absolute Gasteiger partial charge is 0.167 e. The molecule has 0 unspecified atom stereocenters. The zero-order valence-electron chi connectivity index (χ0n) is 11.7. The minimum absolute atomic E-state index is 0.0447. The summed E-state index contributed by atoms with van der Waals surface area (Å²) in [7, 11) is 0. The molecule has 0 atom stereocenters. The maximum Gasteiger partial charge on any atom is 0.167 e. The highest BCUT2D eigenvalue weighted by atomic mass is 79.9. The molecule has 0 radical (unpaired) electrons. The molecule has 0 amide bonds. The van der Waals surface area contributed by atoms with Crippen molar-refractivity contribution in [3.8, 4) is 11.1 Å². The van der Waals surface area contributed by atoms with Crippen molar-refractivity contribution in [2.75, 3.05) is 0 Å². The van der Waals surface area contributed by atoms with Gasteiger partial charge in [-0.25, -0.2) is 13.2 Å². The molecule has 0 aliphatic rings. The molecule has 0 nitrogen and oxygen atoms in total. The molecule has 2 rings (SSSR count). The van der Waals surface area contributed by atoms with E-state index in [9.17, 15) is 13.2 Å². The molecule has 0 aliphatic heterocycles. The SMILES string of the molecule is CCCCCc1ccc(-c2ccc(Br)cc2F)c(F)c1F. The van der Waals surface area contributed by atoms with Gasteiger partial charge in [0.05, 0.1) is 0 Å². The van der Waals surface area contributed by atoms with E-state index < -0.39 is 17.5 Å². The van der Waals surface area contributed by atoms with E-state index in [-0.39, 0.29) is 11.1 Å². The van der Waals surface area contributed by atoms with Crippen LogP contribution in [0.2, 0.25) is 0 Å². The third kappa shape index (κ3) is 3.67. The Morgan fingerprint density at radius 3 is 2.29 bits per heavy atom. The summed E-state index contributed by atoms with van der Waals surface area (Å²) in [5, 5.41) is 0. The Labute approximate surface area is 131 Å². The van der Waals surface area contributed by atoms with Gasteiger partial charge in [0.1, 0.15) is 5.82 Å². The van der Waals surface area contributed by atoms with Gasteiger partial charge in [0.25, 0.3) is 0 Å².